The first-order chi connectivity index (χ1) is 5.00. The molecule has 5 heteroatoms. The molecule has 0 aromatic heterocycles. The van der Waals surface area contributed by atoms with Gasteiger partial charge in [-0.15, -0.1) is 0 Å². The summed E-state index contributed by atoms with van der Waals surface area (Å²) in [7, 11) is 1.47. The predicted molar refractivity (Wildman–Crippen MR) is 38.9 cm³/mol. The summed E-state index contributed by atoms with van der Waals surface area (Å²) in [6.45, 7) is 3.16. The van der Waals surface area contributed by atoms with Gasteiger partial charge in [-0.1, -0.05) is 0 Å². The second-order valence-corrected chi connectivity index (χ2v) is 2.82. The highest BCUT2D eigenvalue weighted by molar-refractivity contribution is 4.64. The van der Waals surface area contributed by atoms with Crippen molar-refractivity contribution in [3.63, 3.8) is 0 Å². The molecule has 0 N–H and O–H groups in total. The van der Waals surface area contributed by atoms with Crippen molar-refractivity contribution in [2.24, 2.45) is 0 Å². The first kappa shape index (κ1) is 10.3. The number of rotatable bonds is 5. The highest BCUT2D eigenvalue weighted by Gasteiger charge is 2.30. The summed E-state index contributed by atoms with van der Waals surface area (Å²) in [4.78, 5) is 9.93. The maximum absolute atomic E-state index is 10.3. The van der Waals surface area contributed by atoms with Gasteiger partial charge < -0.3 is 9.47 Å². The molecule has 0 saturated carbocycles. The van der Waals surface area contributed by atoms with E-state index in [1.807, 2.05) is 0 Å². The summed E-state index contributed by atoms with van der Waals surface area (Å²) in [6.07, 6.45) is 0. The molecule has 0 radical (unpaired) electrons. The first-order valence-corrected chi connectivity index (χ1v) is 3.22. The molecular formula is C6H13NO4. The summed E-state index contributed by atoms with van der Waals surface area (Å²) >= 11 is 0. The standard InChI is InChI=1S/C6H13NO4/c1-6(2,7(8)9)4-11-5-10-3/h4-5H2,1-3H3. The van der Waals surface area contributed by atoms with E-state index in [1.165, 1.54) is 21.0 Å². The fourth-order valence-electron chi connectivity index (χ4n) is 0.427. The van der Waals surface area contributed by atoms with Crippen LogP contribution in [-0.2, 0) is 9.47 Å². The number of nitrogens with zero attached hydrogens (tertiary/aromatic N) is 1. The van der Waals surface area contributed by atoms with E-state index in [-0.39, 0.29) is 18.3 Å². The van der Waals surface area contributed by atoms with E-state index in [9.17, 15) is 10.1 Å². The highest BCUT2D eigenvalue weighted by atomic mass is 16.7. The Hall–Kier alpha value is -0.680. The van der Waals surface area contributed by atoms with Gasteiger partial charge in [-0.25, -0.2) is 0 Å². The summed E-state index contributed by atoms with van der Waals surface area (Å²) in [6, 6.07) is 0. The van der Waals surface area contributed by atoms with Crippen LogP contribution in [0, 0.1) is 10.1 Å². The molecule has 0 rings (SSSR count). The SMILES string of the molecule is COCOCC(C)(C)[N+](=O)[O-]. The molecule has 0 aromatic carbocycles. The molecule has 0 aliphatic rings. The number of methoxy groups -OCH3 is 1. The quantitative estimate of drug-likeness (QED) is 0.258. The molecule has 0 fully saturated rings. The van der Waals surface area contributed by atoms with Crippen molar-refractivity contribution < 1.29 is 14.4 Å². The van der Waals surface area contributed by atoms with Crippen LogP contribution in [0.1, 0.15) is 13.8 Å². The van der Waals surface area contributed by atoms with Crippen LogP contribution in [0.15, 0.2) is 0 Å². The average Bonchev–Trinajstić information content (AvgIpc) is 1.88. The van der Waals surface area contributed by atoms with Gasteiger partial charge >= 0.3 is 0 Å². The highest BCUT2D eigenvalue weighted by Crippen LogP contribution is 2.07. The van der Waals surface area contributed by atoms with E-state index < -0.39 is 5.54 Å². The van der Waals surface area contributed by atoms with Gasteiger partial charge in [0.15, 0.2) is 0 Å². The number of ether oxygens (including phenoxy) is 2. The third kappa shape index (κ3) is 3.90. The van der Waals surface area contributed by atoms with E-state index in [4.69, 9.17) is 4.74 Å². The Kier molecular flexibility index (Phi) is 3.99. The fraction of sp³-hybridized carbons (Fsp3) is 1.00. The summed E-state index contributed by atoms with van der Waals surface area (Å²) in [5, 5.41) is 10.3. The van der Waals surface area contributed by atoms with Crippen LogP contribution >= 0.6 is 0 Å². The van der Waals surface area contributed by atoms with Crippen LogP contribution in [0.25, 0.3) is 0 Å². The molecule has 0 aliphatic carbocycles. The normalized spacial score (nSPS) is 11.5. The number of hydrogen-bond donors (Lipinski definition) is 0. The predicted octanol–water partition coefficient (Wildman–Crippen LogP) is 0.662. The molecule has 0 spiro atoms. The smallest absolute Gasteiger partial charge is 0.239 e. The van der Waals surface area contributed by atoms with Crippen molar-refractivity contribution in [3.8, 4) is 0 Å². The van der Waals surface area contributed by atoms with Gasteiger partial charge in [-0.3, -0.25) is 10.1 Å². The van der Waals surface area contributed by atoms with Crippen molar-refractivity contribution in [3.05, 3.63) is 10.1 Å². The van der Waals surface area contributed by atoms with Crippen molar-refractivity contribution in [1.82, 2.24) is 0 Å². The second-order valence-electron chi connectivity index (χ2n) is 2.82. The molecule has 0 bridgehead atoms. The Balaban J connectivity index is 3.64. The molecule has 0 aliphatic heterocycles. The largest absolute Gasteiger partial charge is 0.359 e. The van der Waals surface area contributed by atoms with Gasteiger partial charge in [-0.2, -0.15) is 0 Å². The Morgan fingerprint density at radius 2 is 2.09 bits per heavy atom. The molecule has 0 atom stereocenters. The van der Waals surface area contributed by atoms with Crippen LogP contribution in [0.3, 0.4) is 0 Å². The summed E-state index contributed by atoms with van der Waals surface area (Å²) in [5.74, 6) is 0. The Bertz CT molecular complexity index is 135. The second kappa shape index (κ2) is 4.25. The topological polar surface area (TPSA) is 61.6 Å². The number of nitro groups is 1. The van der Waals surface area contributed by atoms with Gasteiger partial charge in [0.2, 0.25) is 5.54 Å². The maximum Gasteiger partial charge on any atom is 0.239 e. The van der Waals surface area contributed by atoms with Crippen LogP contribution < -0.4 is 0 Å². The van der Waals surface area contributed by atoms with E-state index in [1.54, 1.807) is 0 Å². The third-order valence-corrected chi connectivity index (χ3v) is 1.15. The molecule has 66 valence electrons. The lowest BCUT2D eigenvalue weighted by Gasteiger charge is -2.14. The minimum absolute atomic E-state index is 0.0633. The lowest BCUT2D eigenvalue weighted by Crippen LogP contribution is -2.36. The van der Waals surface area contributed by atoms with E-state index in [0.29, 0.717) is 0 Å². The first-order valence-electron chi connectivity index (χ1n) is 3.22. The van der Waals surface area contributed by atoms with Gasteiger partial charge in [0, 0.05) is 25.9 Å². The molecule has 0 heterocycles. The van der Waals surface area contributed by atoms with E-state index in [0.717, 1.165) is 0 Å². The molecule has 0 amide bonds. The van der Waals surface area contributed by atoms with Crippen LogP contribution in [0.5, 0.6) is 0 Å². The molecule has 0 saturated heterocycles. The zero-order valence-corrected chi connectivity index (χ0v) is 6.99. The lowest BCUT2D eigenvalue weighted by molar-refractivity contribution is -0.565. The zero-order chi connectivity index (χ0) is 8.91. The van der Waals surface area contributed by atoms with Gasteiger partial charge in [0.25, 0.3) is 0 Å². The van der Waals surface area contributed by atoms with Gasteiger partial charge in [-0.05, 0) is 0 Å². The van der Waals surface area contributed by atoms with Gasteiger partial charge in [0.05, 0.1) is 0 Å². The maximum atomic E-state index is 10.3. The van der Waals surface area contributed by atoms with Crippen LogP contribution in [-0.4, -0.2) is 31.0 Å². The molecule has 0 aromatic rings. The summed E-state index contributed by atoms with van der Waals surface area (Å²) in [5.41, 5.74) is -1.03. The Morgan fingerprint density at radius 3 is 2.45 bits per heavy atom. The molecule has 0 unspecified atom stereocenters. The Morgan fingerprint density at radius 1 is 1.55 bits per heavy atom. The third-order valence-electron chi connectivity index (χ3n) is 1.15. The van der Waals surface area contributed by atoms with Crippen molar-refractivity contribution in [2.75, 3.05) is 20.5 Å². The van der Waals surface area contributed by atoms with Crippen molar-refractivity contribution >= 4 is 0 Å². The van der Waals surface area contributed by atoms with Gasteiger partial charge in [0.1, 0.15) is 13.4 Å². The fourth-order valence-corrected chi connectivity index (χ4v) is 0.427. The Labute approximate surface area is 65.4 Å². The van der Waals surface area contributed by atoms with Crippen molar-refractivity contribution in [2.45, 2.75) is 19.4 Å². The minimum Gasteiger partial charge on any atom is -0.359 e. The molecule has 5 nitrogen and oxygen atoms in total. The van der Waals surface area contributed by atoms with Crippen molar-refractivity contribution in [1.29, 1.82) is 0 Å². The van der Waals surface area contributed by atoms with E-state index in [2.05, 4.69) is 4.74 Å². The molecule has 11 heavy (non-hydrogen) atoms. The average molecular weight is 163 g/mol. The van der Waals surface area contributed by atoms with Crippen LogP contribution in [0.2, 0.25) is 0 Å². The zero-order valence-electron chi connectivity index (χ0n) is 6.99. The van der Waals surface area contributed by atoms with Crippen LogP contribution in [0.4, 0.5) is 0 Å². The van der Waals surface area contributed by atoms with E-state index >= 15 is 0 Å². The number of hydrogen-bond acceptors (Lipinski definition) is 4. The summed E-state index contributed by atoms with van der Waals surface area (Å²) < 4.78 is 9.42. The molecular weight excluding hydrogens is 150 g/mol. The lowest BCUT2D eigenvalue weighted by atomic mass is 10.1. The minimum atomic E-state index is -1.03. The monoisotopic (exact) mass is 163 g/mol.